The van der Waals surface area contributed by atoms with Crippen molar-refractivity contribution in [2.75, 3.05) is 0 Å². The van der Waals surface area contributed by atoms with Gasteiger partial charge in [0.2, 0.25) is 0 Å². The Morgan fingerprint density at radius 2 is 1.79 bits per heavy atom. The Labute approximate surface area is 85.4 Å². The van der Waals surface area contributed by atoms with Crippen molar-refractivity contribution in [2.24, 2.45) is 0 Å². The van der Waals surface area contributed by atoms with Gasteiger partial charge in [-0.25, -0.2) is 4.98 Å². The van der Waals surface area contributed by atoms with E-state index in [1.54, 1.807) is 11.3 Å². The Bertz CT molecular complexity index is 518. The number of thiazole rings is 1. The van der Waals surface area contributed by atoms with Gasteiger partial charge in [0, 0.05) is 12.4 Å². The van der Waals surface area contributed by atoms with Crippen LogP contribution in [0.3, 0.4) is 0 Å². The lowest BCUT2D eigenvalue weighted by Crippen LogP contribution is -1.86. The summed E-state index contributed by atoms with van der Waals surface area (Å²) < 4.78 is 3.26. The minimum Gasteiger partial charge on any atom is -0.300 e. The highest BCUT2D eigenvalue weighted by Crippen LogP contribution is 2.24. The summed E-state index contributed by atoms with van der Waals surface area (Å²) in [4.78, 5) is 4.54. The molecule has 0 atom stereocenters. The Balaban J connectivity index is 2.24. The van der Waals surface area contributed by atoms with Crippen molar-refractivity contribution < 1.29 is 0 Å². The normalized spacial score (nSPS) is 10.9. The van der Waals surface area contributed by atoms with Gasteiger partial charge in [-0.2, -0.15) is 0 Å². The number of benzene rings is 1. The van der Waals surface area contributed by atoms with Crippen molar-refractivity contribution in [3.8, 4) is 5.13 Å². The van der Waals surface area contributed by atoms with E-state index in [9.17, 15) is 0 Å². The molecule has 0 spiro atoms. The van der Waals surface area contributed by atoms with E-state index in [0.717, 1.165) is 10.6 Å². The van der Waals surface area contributed by atoms with Gasteiger partial charge in [-0.15, -0.1) is 0 Å². The quantitative estimate of drug-likeness (QED) is 0.590. The molecule has 0 N–H and O–H groups in total. The van der Waals surface area contributed by atoms with E-state index in [-0.39, 0.29) is 0 Å². The van der Waals surface area contributed by atoms with Crippen LogP contribution in [0.25, 0.3) is 15.3 Å². The van der Waals surface area contributed by atoms with Crippen LogP contribution in [-0.2, 0) is 0 Å². The first-order valence-electron chi connectivity index (χ1n) is 4.42. The summed E-state index contributed by atoms with van der Waals surface area (Å²) in [5.41, 5.74) is 1.07. The van der Waals surface area contributed by atoms with Crippen molar-refractivity contribution in [2.45, 2.75) is 0 Å². The van der Waals surface area contributed by atoms with Crippen molar-refractivity contribution in [1.29, 1.82) is 0 Å². The lowest BCUT2D eigenvalue weighted by atomic mass is 10.3. The molecular formula is C11H8N2S. The highest BCUT2D eigenvalue weighted by atomic mass is 32.1. The van der Waals surface area contributed by atoms with E-state index < -0.39 is 0 Å². The summed E-state index contributed by atoms with van der Waals surface area (Å²) >= 11 is 1.71. The third kappa shape index (κ3) is 1.14. The summed E-state index contributed by atoms with van der Waals surface area (Å²) in [5.74, 6) is 0. The number of fused-ring (bicyclic) bond motifs is 1. The number of hydrogen-bond acceptors (Lipinski definition) is 2. The van der Waals surface area contributed by atoms with Crippen LogP contribution in [0.1, 0.15) is 0 Å². The molecular weight excluding hydrogens is 192 g/mol. The number of hydrogen-bond donors (Lipinski definition) is 0. The van der Waals surface area contributed by atoms with E-state index in [2.05, 4.69) is 11.1 Å². The molecule has 0 bridgehead atoms. The fraction of sp³-hybridized carbons (Fsp3) is 0. The summed E-state index contributed by atoms with van der Waals surface area (Å²) in [6.45, 7) is 0. The van der Waals surface area contributed by atoms with Crippen LogP contribution in [0.2, 0.25) is 0 Å². The molecule has 14 heavy (non-hydrogen) atoms. The van der Waals surface area contributed by atoms with Crippen LogP contribution >= 0.6 is 11.3 Å². The molecule has 2 aromatic heterocycles. The molecule has 0 radical (unpaired) electrons. The van der Waals surface area contributed by atoms with Gasteiger partial charge in [0.25, 0.3) is 0 Å². The van der Waals surface area contributed by atoms with Gasteiger partial charge in [-0.05, 0) is 24.3 Å². The van der Waals surface area contributed by atoms with Crippen LogP contribution in [0, 0.1) is 0 Å². The number of nitrogens with zero attached hydrogens (tertiary/aromatic N) is 2. The topological polar surface area (TPSA) is 17.8 Å². The third-order valence-electron chi connectivity index (χ3n) is 2.11. The molecule has 1 aromatic carbocycles. The number of aromatic nitrogens is 2. The lowest BCUT2D eigenvalue weighted by molar-refractivity contribution is 1.06. The Hall–Kier alpha value is -1.61. The molecule has 0 fully saturated rings. The van der Waals surface area contributed by atoms with E-state index in [1.807, 2.05) is 47.3 Å². The molecule has 0 aliphatic carbocycles. The maximum atomic E-state index is 4.54. The molecule has 0 unspecified atom stereocenters. The smallest absolute Gasteiger partial charge is 0.194 e. The molecule has 0 aliphatic rings. The zero-order valence-corrected chi connectivity index (χ0v) is 8.24. The van der Waals surface area contributed by atoms with Gasteiger partial charge in [-0.3, -0.25) is 0 Å². The largest absolute Gasteiger partial charge is 0.300 e. The van der Waals surface area contributed by atoms with Crippen LogP contribution in [-0.4, -0.2) is 9.55 Å². The zero-order chi connectivity index (χ0) is 9.38. The second-order valence-corrected chi connectivity index (χ2v) is 4.06. The fourth-order valence-electron chi connectivity index (χ4n) is 1.43. The molecule has 0 saturated carbocycles. The number of para-hydroxylation sites is 1. The van der Waals surface area contributed by atoms with Crippen molar-refractivity contribution in [1.82, 2.24) is 9.55 Å². The minimum atomic E-state index is 1.02. The molecule has 0 aliphatic heterocycles. The first-order valence-corrected chi connectivity index (χ1v) is 5.24. The van der Waals surface area contributed by atoms with E-state index in [4.69, 9.17) is 0 Å². The summed E-state index contributed by atoms with van der Waals surface area (Å²) in [7, 11) is 0. The zero-order valence-electron chi connectivity index (χ0n) is 7.42. The van der Waals surface area contributed by atoms with Gasteiger partial charge < -0.3 is 4.57 Å². The molecule has 2 nitrogen and oxygen atoms in total. The number of rotatable bonds is 1. The summed E-state index contributed by atoms with van der Waals surface area (Å²) in [5, 5.41) is 1.02. The average Bonchev–Trinajstić information content (AvgIpc) is 2.86. The molecule has 68 valence electrons. The second-order valence-electron chi connectivity index (χ2n) is 3.05. The Morgan fingerprint density at radius 1 is 1.00 bits per heavy atom. The molecule has 3 heteroatoms. The van der Waals surface area contributed by atoms with Crippen LogP contribution in [0.5, 0.6) is 0 Å². The average molecular weight is 200 g/mol. The first kappa shape index (κ1) is 7.76. The van der Waals surface area contributed by atoms with Crippen LogP contribution in [0.15, 0.2) is 48.8 Å². The predicted octanol–water partition coefficient (Wildman–Crippen LogP) is 3.09. The Morgan fingerprint density at radius 3 is 2.57 bits per heavy atom. The molecule has 3 aromatic rings. The minimum absolute atomic E-state index is 1.02. The highest BCUT2D eigenvalue weighted by molar-refractivity contribution is 7.20. The predicted molar refractivity (Wildman–Crippen MR) is 58.9 cm³/mol. The van der Waals surface area contributed by atoms with Crippen LogP contribution < -0.4 is 0 Å². The monoisotopic (exact) mass is 200 g/mol. The Kier molecular flexibility index (Phi) is 1.64. The fourth-order valence-corrected chi connectivity index (χ4v) is 2.37. The second kappa shape index (κ2) is 2.96. The van der Waals surface area contributed by atoms with Gasteiger partial charge in [0.15, 0.2) is 5.13 Å². The summed E-state index contributed by atoms with van der Waals surface area (Å²) in [6, 6.07) is 12.2. The molecule has 2 heterocycles. The van der Waals surface area contributed by atoms with E-state index >= 15 is 0 Å². The molecule has 0 saturated heterocycles. The standard InChI is InChI=1S/C11H8N2S/c1-2-6-10-9(5-1)12-11(14-10)13-7-3-4-8-13/h1-8H. The maximum absolute atomic E-state index is 4.54. The maximum Gasteiger partial charge on any atom is 0.194 e. The van der Waals surface area contributed by atoms with Crippen LogP contribution in [0.4, 0.5) is 0 Å². The molecule has 3 rings (SSSR count). The van der Waals surface area contributed by atoms with Gasteiger partial charge in [0.1, 0.15) is 0 Å². The van der Waals surface area contributed by atoms with E-state index in [1.165, 1.54) is 4.70 Å². The third-order valence-corrected chi connectivity index (χ3v) is 3.16. The van der Waals surface area contributed by atoms with E-state index in [0.29, 0.717) is 0 Å². The van der Waals surface area contributed by atoms with Crippen molar-refractivity contribution in [3.05, 3.63) is 48.8 Å². The van der Waals surface area contributed by atoms with Crippen molar-refractivity contribution >= 4 is 21.6 Å². The SMILES string of the molecule is c1ccc2sc(-n3cccc3)nc2c1. The first-order chi connectivity index (χ1) is 6.93. The molecule has 0 amide bonds. The van der Waals surface area contributed by atoms with Gasteiger partial charge in [0.05, 0.1) is 10.2 Å². The van der Waals surface area contributed by atoms with Crippen molar-refractivity contribution in [3.63, 3.8) is 0 Å². The lowest BCUT2D eigenvalue weighted by Gasteiger charge is -1.92. The summed E-state index contributed by atoms with van der Waals surface area (Å²) in [6.07, 6.45) is 4.02. The van der Waals surface area contributed by atoms with Gasteiger partial charge in [-0.1, -0.05) is 23.5 Å². The van der Waals surface area contributed by atoms with Gasteiger partial charge >= 0.3 is 0 Å². The highest BCUT2D eigenvalue weighted by Gasteiger charge is 2.02.